The van der Waals surface area contributed by atoms with Gasteiger partial charge in [0.25, 0.3) is 5.91 Å². The first kappa shape index (κ1) is 19.0. The lowest BCUT2D eigenvalue weighted by atomic mass is 10.1. The van der Waals surface area contributed by atoms with Gasteiger partial charge in [-0.1, -0.05) is 18.2 Å². The van der Waals surface area contributed by atoms with E-state index in [9.17, 15) is 4.79 Å². The first-order valence-electron chi connectivity index (χ1n) is 9.63. The fourth-order valence-electron chi connectivity index (χ4n) is 3.19. The number of nitrogens with one attached hydrogen (secondary N) is 1. The number of benzene rings is 2. The van der Waals surface area contributed by atoms with E-state index < -0.39 is 0 Å². The van der Waals surface area contributed by atoms with E-state index in [-0.39, 0.29) is 5.91 Å². The predicted molar refractivity (Wildman–Crippen MR) is 113 cm³/mol. The second kappa shape index (κ2) is 8.75. The van der Waals surface area contributed by atoms with Crippen LogP contribution in [0.3, 0.4) is 0 Å². The van der Waals surface area contributed by atoms with Crippen molar-refractivity contribution >= 4 is 17.3 Å². The summed E-state index contributed by atoms with van der Waals surface area (Å²) in [6, 6.07) is 18.9. The van der Waals surface area contributed by atoms with E-state index in [2.05, 4.69) is 21.3 Å². The van der Waals surface area contributed by atoms with Gasteiger partial charge >= 0.3 is 0 Å². The average Bonchev–Trinajstić information content (AvgIpc) is 2.77. The number of pyridine rings is 1. The molecule has 1 saturated heterocycles. The van der Waals surface area contributed by atoms with Crippen LogP contribution in [0.15, 0.2) is 66.9 Å². The number of hydrogen-bond donors (Lipinski definition) is 1. The molecule has 0 aliphatic carbocycles. The van der Waals surface area contributed by atoms with Crippen LogP contribution in [0.25, 0.3) is 0 Å². The minimum atomic E-state index is -0.203. The topological polar surface area (TPSA) is 63.7 Å². The second-order valence-electron chi connectivity index (χ2n) is 6.85. The molecule has 3 aromatic rings. The van der Waals surface area contributed by atoms with Gasteiger partial charge in [-0.05, 0) is 48.9 Å². The van der Waals surface area contributed by atoms with E-state index in [1.54, 1.807) is 12.1 Å². The first-order valence-corrected chi connectivity index (χ1v) is 9.63. The Kier molecular flexibility index (Phi) is 5.72. The van der Waals surface area contributed by atoms with Crippen LogP contribution in [-0.2, 0) is 4.74 Å². The lowest BCUT2D eigenvalue weighted by molar-refractivity contribution is 0.102. The molecule has 6 nitrogen and oxygen atoms in total. The highest BCUT2D eigenvalue weighted by Gasteiger charge is 2.14. The van der Waals surface area contributed by atoms with Crippen molar-refractivity contribution in [3.63, 3.8) is 0 Å². The molecule has 1 aliphatic rings. The van der Waals surface area contributed by atoms with Gasteiger partial charge in [0.05, 0.1) is 18.8 Å². The lowest BCUT2D eigenvalue weighted by Crippen LogP contribution is -2.36. The fourth-order valence-corrected chi connectivity index (χ4v) is 3.19. The van der Waals surface area contributed by atoms with Crippen molar-refractivity contribution in [2.24, 2.45) is 0 Å². The third kappa shape index (κ3) is 4.73. The Morgan fingerprint density at radius 2 is 1.86 bits per heavy atom. The van der Waals surface area contributed by atoms with Crippen LogP contribution in [0.1, 0.15) is 15.9 Å². The summed E-state index contributed by atoms with van der Waals surface area (Å²) in [6.45, 7) is 5.25. The summed E-state index contributed by atoms with van der Waals surface area (Å²) in [7, 11) is 0. The Balaban J connectivity index is 1.41. The van der Waals surface area contributed by atoms with Crippen molar-refractivity contribution in [1.82, 2.24) is 4.98 Å². The van der Waals surface area contributed by atoms with Crippen LogP contribution in [0.4, 0.5) is 11.4 Å². The number of aromatic nitrogens is 1. The summed E-state index contributed by atoms with van der Waals surface area (Å²) in [5.41, 5.74) is 3.42. The summed E-state index contributed by atoms with van der Waals surface area (Å²) in [6.07, 6.45) is 1.52. The van der Waals surface area contributed by atoms with Crippen LogP contribution in [0, 0.1) is 6.92 Å². The number of carbonyl (C=O) groups excluding carboxylic acids is 1. The van der Waals surface area contributed by atoms with Crippen LogP contribution >= 0.6 is 0 Å². The molecule has 0 radical (unpaired) electrons. The summed E-state index contributed by atoms with van der Waals surface area (Å²) < 4.78 is 11.1. The molecule has 2 aromatic carbocycles. The van der Waals surface area contributed by atoms with Crippen LogP contribution in [-0.4, -0.2) is 37.2 Å². The number of amides is 1. The van der Waals surface area contributed by atoms with Crippen molar-refractivity contribution in [3.05, 3.63) is 78.0 Å². The number of ether oxygens (including phenoxy) is 2. The molecule has 0 bridgehead atoms. The Morgan fingerprint density at radius 3 is 2.55 bits per heavy atom. The van der Waals surface area contributed by atoms with Gasteiger partial charge in [-0.15, -0.1) is 0 Å². The molecule has 0 atom stereocenters. The van der Waals surface area contributed by atoms with Crippen LogP contribution in [0.5, 0.6) is 11.6 Å². The highest BCUT2D eigenvalue weighted by atomic mass is 16.5. The summed E-state index contributed by atoms with van der Waals surface area (Å²) in [4.78, 5) is 19.1. The Labute approximate surface area is 170 Å². The molecule has 0 spiro atoms. The number of morpholine rings is 1. The minimum absolute atomic E-state index is 0.203. The van der Waals surface area contributed by atoms with Gasteiger partial charge in [0.2, 0.25) is 5.88 Å². The molecule has 1 aromatic heterocycles. The van der Waals surface area contributed by atoms with Gasteiger partial charge in [0.15, 0.2) is 0 Å². The van der Waals surface area contributed by atoms with E-state index in [0.29, 0.717) is 17.2 Å². The largest absolute Gasteiger partial charge is 0.439 e. The molecule has 1 amide bonds. The van der Waals surface area contributed by atoms with Gasteiger partial charge < -0.3 is 19.7 Å². The lowest BCUT2D eigenvalue weighted by Gasteiger charge is -2.29. The van der Waals surface area contributed by atoms with Gasteiger partial charge in [0.1, 0.15) is 5.75 Å². The highest BCUT2D eigenvalue weighted by Crippen LogP contribution is 2.24. The standard InChI is InChI=1S/C23H23N3O3/c1-17-15-19(26-11-13-28-14-12-26)8-9-21(17)25-23(27)18-7-10-22(24-16-18)29-20-5-3-2-4-6-20/h2-10,15-16H,11-14H2,1H3,(H,25,27). The predicted octanol–water partition coefficient (Wildman–Crippen LogP) is 4.27. The third-order valence-electron chi connectivity index (χ3n) is 4.80. The van der Waals surface area contributed by atoms with E-state index in [1.165, 1.54) is 6.20 Å². The zero-order chi connectivity index (χ0) is 20.1. The molecule has 0 unspecified atom stereocenters. The highest BCUT2D eigenvalue weighted by molar-refractivity contribution is 6.04. The SMILES string of the molecule is Cc1cc(N2CCOCC2)ccc1NC(=O)c1ccc(Oc2ccccc2)nc1. The Bertz CT molecular complexity index is 968. The quantitative estimate of drug-likeness (QED) is 0.706. The van der Waals surface area contributed by atoms with E-state index in [1.807, 2.05) is 49.4 Å². The number of anilines is 2. The van der Waals surface area contributed by atoms with Crippen molar-refractivity contribution in [1.29, 1.82) is 0 Å². The van der Waals surface area contributed by atoms with Crippen molar-refractivity contribution in [3.8, 4) is 11.6 Å². The molecular formula is C23H23N3O3. The molecule has 1 N–H and O–H groups in total. The minimum Gasteiger partial charge on any atom is -0.439 e. The van der Waals surface area contributed by atoms with Crippen molar-refractivity contribution < 1.29 is 14.3 Å². The average molecular weight is 389 g/mol. The van der Waals surface area contributed by atoms with Crippen molar-refractivity contribution in [2.45, 2.75) is 6.92 Å². The number of aryl methyl sites for hydroxylation is 1. The maximum absolute atomic E-state index is 12.6. The Morgan fingerprint density at radius 1 is 1.07 bits per heavy atom. The molecular weight excluding hydrogens is 366 g/mol. The number of nitrogens with zero attached hydrogens (tertiary/aromatic N) is 2. The monoisotopic (exact) mass is 389 g/mol. The third-order valence-corrected chi connectivity index (χ3v) is 4.80. The number of hydrogen-bond acceptors (Lipinski definition) is 5. The van der Waals surface area contributed by atoms with E-state index >= 15 is 0 Å². The normalized spacial score (nSPS) is 13.8. The molecule has 1 aliphatic heterocycles. The summed E-state index contributed by atoms with van der Waals surface area (Å²) in [5, 5.41) is 2.96. The maximum atomic E-state index is 12.6. The zero-order valence-corrected chi connectivity index (χ0v) is 16.3. The second-order valence-corrected chi connectivity index (χ2v) is 6.85. The molecule has 29 heavy (non-hydrogen) atoms. The molecule has 6 heteroatoms. The number of para-hydroxylation sites is 1. The smallest absolute Gasteiger partial charge is 0.257 e. The summed E-state index contributed by atoms with van der Waals surface area (Å²) >= 11 is 0. The maximum Gasteiger partial charge on any atom is 0.257 e. The Hall–Kier alpha value is -3.38. The van der Waals surface area contributed by atoms with Gasteiger partial charge in [-0.25, -0.2) is 4.98 Å². The number of rotatable bonds is 5. The molecule has 148 valence electrons. The van der Waals surface area contributed by atoms with E-state index in [4.69, 9.17) is 9.47 Å². The van der Waals surface area contributed by atoms with Gasteiger partial charge in [0, 0.05) is 36.7 Å². The van der Waals surface area contributed by atoms with E-state index in [0.717, 1.165) is 43.2 Å². The van der Waals surface area contributed by atoms with Crippen LogP contribution < -0.4 is 15.0 Å². The van der Waals surface area contributed by atoms with Gasteiger partial charge in [-0.2, -0.15) is 0 Å². The van der Waals surface area contributed by atoms with Gasteiger partial charge in [-0.3, -0.25) is 4.79 Å². The molecule has 0 saturated carbocycles. The summed E-state index contributed by atoms with van der Waals surface area (Å²) in [5.74, 6) is 0.943. The molecule has 4 rings (SSSR count). The molecule has 1 fully saturated rings. The first-order chi connectivity index (χ1) is 14.2. The zero-order valence-electron chi connectivity index (χ0n) is 16.3. The fraction of sp³-hybridized carbons (Fsp3) is 0.217. The van der Waals surface area contributed by atoms with Crippen molar-refractivity contribution in [2.75, 3.05) is 36.5 Å². The molecule has 2 heterocycles. The van der Waals surface area contributed by atoms with Crippen LogP contribution in [0.2, 0.25) is 0 Å². The number of carbonyl (C=O) groups is 1.